The van der Waals surface area contributed by atoms with Crippen LogP contribution in [0.4, 0.5) is 13.2 Å². The van der Waals surface area contributed by atoms with Crippen molar-refractivity contribution in [3.05, 3.63) is 0 Å². The zero-order chi connectivity index (χ0) is 14.0. The molecule has 5 nitrogen and oxygen atoms in total. The number of hydrogen-bond donors (Lipinski definition) is 2. The Hall–Kier alpha value is -1.31. The number of amides is 2. The second-order valence-electron chi connectivity index (χ2n) is 3.72. The quantitative estimate of drug-likeness (QED) is 0.516. The van der Waals surface area contributed by atoms with E-state index in [0.717, 1.165) is 6.42 Å². The summed E-state index contributed by atoms with van der Waals surface area (Å²) in [7, 11) is 0. The smallest absolute Gasteiger partial charge is 0.356 e. The minimum atomic E-state index is -4.45. The van der Waals surface area contributed by atoms with Gasteiger partial charge >= 0.3 is 6.18 Å². The van der Waals surface area contributed by atoms with Gasteiger partial charge in [0.25, 0.3) is 0 Å². The average molecular weight is 270 g/mol. The van der Waals surface area contributed by atoms with Gasteiger partial charge in [0.1, 0.15) is 0 Å². The molecule has 0 heterocycles. The van der Waals surface area contributed by atoms with Gasteiger partial charge in [-0.2, -0.15) is 13.2 Å². The molecule has 2 amide bonds. The van der Waals surface area contributed by atoms with Crippen molar-refractivity contribution in [3.8, 4) is 0 Å². The molecule has 0 bridgehead atoms. The van der Waals surface area contributed by atoms with E-state index >= 15 is 0 Å². The standard InChI is InChI=1S/C10H17F3N2O3/c1-8(16)14-6-4-2-3-5-9(17)15-18-7-10(11,12)13/h2-7H2,1H3,(H,14,16)(H,15,17). The molecule has 2 N–H and O–H groups in total. The Kier molecular flexibility index (Phi) is 8.10. The van der Waals surface area contributed by atoms with E-state index in [2.05, 4.69) is 10.2 Å². The second kappa shape index (κ2) is 8.73. The fourth-order valence-electron chi connectivity index (χ4n) is 1.10. The molecule has 0 radical (unpaired) electrons. The molecule has 0 unspecified atom stereocenters. The summed E-state index contributed by atoms with van der Waals surface area (Å²) in [5, 5.41) is 2.60. The first-order valence-corrected chi connectivity index (χ1v) is 5.53. The lowest BCUT2D eigenvalue weighted by Crippen LogP contribution is -2.29. The summed E-state index contributed by atoms with van der Waals surface area (Å²) in [6, 6.07) is 0. The highest BCUT2D eigenvalue weighted by atomic mass is 19.4. The monoisotopic (exact) mass is 270 g/mol. The molecule has 0 aliphatic rings. The van der Waals surface area contributed by atoms with E-state index in [1.807, 2.05) is 0 Å². The Balaban J connectivity index is 3.35. The molecule has 18 heavy (non-hydrogen) atoms. The van der Waals surface area contributed by atoms with Crippen LogP contribution in [-0.2, 0) is 14.4 Å². The van der Waals surface area contributed by atoms with Gasteiger partial charge in [0.05, 0.1) is 0 Å². The topological polar surface area (TPSA) is 67.4 Å². The lowest BCUT2D eigenvalue weighted by molar-refractivity contribution is -0.191. The van der Waals surface area contributed by atoms with E-state index in [4.69, 9.17) is 0 Å². The van der Waals surface area contributed by atoms with Gasteiger partial charge in [-0.3, -0.25) is 14.4 Å². The molecule has 0 fully saturated rings. The number of nitrogens with one attached hydrogen (secondary N) is 2. The predicted octanol–water partition coefficient (Wildman–Crippen LogP) is 1.29. The third-order valence-corrected chi connectivity index (χ3v) is 1.88. The number of carbonyl (C=O) groups excluding carboxylic acids is 2. The van der Waals surface area contributed by atoms with E-state index in [9.17, 15) is 22.8 Å². The zero-order valence-corrected chi connectivity index (χ0v) is 10.1. The Bertz CT molecular complexity index is 270. The summed E-state index contributed by atoms with van der Waals surface area (Å²) in [5.41, 5.74) is 1.72. The van der Waals surface area contributed by atoms with Crippen LogP contribution in [0.3, 0.4) is 0 Å². The number of carbonyl (C=O) groups is 2. The molecule has 0 rings (SSSR count). The largest absolute Gasteiger partial charge is 0.414 e. The molecule has 0 spiro atoms. The van der Waals surface area contributed by atoms with Crippen molar-refractivity contribution in [3.63, 3.8) is 0 Å². The molecule has 0 saturated carbocycles. The lowest BCUT2D eigenvalue weighted by Gasteiger charge is -2.08. The number of alkyl halides is 3. The summed E-state index contributed by atoms with van der Waals surface area (Å²) >= 11 is 0. The van der Waals surface area contributed by atoms with Gasteiger partial charge in [-0.05, 0) is 12.8 Å². The van der Waals surface area contributed by atoms with Gasteiger partial charge in [0.2, 0.25) is 11.8 Å². The summed E-state index contributed by atoms with van der Waals surface area (Å²) in [6.45, 7) is 0.439. The summed E-state index contributed by atoms with van der Waals surface area (Å²) < 4.78 is 35.0. The molecule has 0 aromatic heterocycles. The molecule has 106 valence electrons. The number of hydroxylamine groups is 1. The van der Waals surface area contributed by atoms with E-state index in [-0.39, 0.29) is 12.3 Å². The van der Waals surface area contributed by atoms with Gasteiger partial charge in [-0.1, -0.05) is 6.42 Å². The van der Waals surface area contributed by atoms with Gasteiger partial charge in [0.15, 0.2) is 6.61 Å². The van der Waals surface area contributed by atoms with Crippen molar-refractivity contribution in [1.82, 2.24) is 10.8 Å². The highest BCUT2D eigenvalue weighted by Crippen LogP contribution is 2.13. The van der Waals surface area contributed by atoms with Crippen LogP contribution in [0.1, 0.15) is 32.6 Å². The number of rotatable bonds is 8. The molecule has 0 aromatic carbocycles. The zero-order valence-electron chi connectivity index (χ0n) is 10.1. The molecular weight excluding hydrogens is 253 g/mol. The van der Waals surface area contributed by atoms with Crippen LogP contribution in [0.2, 0.25) is 0 Å². The molecule has 0 saturated heterocycles. The summed E-state index contributed by atoms with van der Waals surface area (Å²) in [4.78, 5) is 25.5. The van der Waals surface area contributed by atoms with Gasteiger partial charge in [-0.25, -0.2) is 5.48 Å². The average Bonchev–Trinajstić information content (AvgIpc) is 2.20. The third-order valence-electron chi connectivity index (χ3n) is 1.88. The summed E-state index contributed by atoms with van der Waals surface area (Å²) in [5.74, 6) is -0.702. The van der Waals surface area contributed by atoms with Gasteiger partial charge < -0.3 is 5.32 Å². The third kappa shape index (κ3) is 12.8. The van der Waals surface area contributed by atoms with Crippen LogP contribution in [0.5, 0.6) is 0 Å². The maximum absolute atomic E-state index is 11.7. The van der Waals surface area contributed by atoms with Crippen LogP contribution < -0.4 is 10.8 Å². The number of hydrogen-bond acceptors (Lipinski definition) is 3. The Labute approximate surface area is 103 Å². The molecule has 0 aliphatic heterocycles. The van der Waals surface area contributed by atoms with Crippen LogP contribution in [0.25, 0.3) is 0 Å². The van der Waals surface area contributed by atoms with Crippen molar-refractivity contribution >= 4 is 11.8 Å². The van der Waals surface area contributed by atoms with E-state index in [1.54, 1.807) is 5.48 Å². The highest BCUT2D eigenvalue weighted by molar-refractivity contribution is 5.74. The lowest BCUT2D eigenvalue weighted by atomic mass is 10.2. The van der Waals surface area contributed by atoms with Crippen molar-refractivity contribution in [2.75, 3.05) is 13.2 Å². The van der Waals surface area contributed by atoms with Crippen molar-refractivity contribution in [2.45, 2.75) is 38.8 Å². The van der Waals surface area contributed by atoms with Crippen LogP contribution >= 0.6 is 0 Å². The second-order valence-corrected chi connectivity index (χ2v) is 3.72. The number of unbranched alkanes of at least 4 members (excludes halogenated alkanes) is 2. The fourth-order valence-corrected chi connectivity index (χ4v) is 1.10. The molecular formula is C10H17F3N2O3. The first-order chi connectivity index (χ1) is 8.31. The minimum Gasteiger partial charge on any atom is -0.356 e. The van der Waals surface area contributed by atoms with Crippen LogP contribution in [0.15, 0.2) is 0 Å². The Morgan fingerprint density at radius 2 is 1.83 bits per heavy atom. The maximum Gasteiger partial charge on any atom is 0.414 e. The predicted molar refractivity (Wildman–Crippen MR) is 57.3 cm³/mol. The maximum atomic E-state index is 11.7. The van der Waals surface area contributed by atoms with Gasteiger partial charge in [-0.15, -0.1) is 0 Å². The van der Waals surface area contributed by atoms with E-state index in [1.165, 1.54) is 6.92 Å². The summed E-state index contributed by atoms with van der Waals surface area (Å²) in [6.07, 6.45) is -2.41. The van der Waals surface area contributed by atoms with Gasteiger partial charge in [0, 0.05) is 19.9 Å². The Morgan fingerprint density at radius 3 is 2.39 bits per heavy atom. The van der Waals surface area contributed by atoms with Crippen LogP contribution in [-0.4, -0.2) is 31.1 Å². The first-order valence-electron chi connectivity index (χ1n) is 5.53. The molecule has 8 heteroatoms. The van der Waals surface area contributed by atoms with Crippen molar-refractivity contribution in [1.29, 1.82) is 0 Å². The SMILES string of the molecule is CC(=O)NCCCCCC(=O)NOCC(F)(F)F. The molecule has 0 aromatic rings. The first kappa shape index (κ1) is 16.7. The minimum absolute atomic E-state index is 0.0952. The van der Waals surface area contributed by atoms with Crippen LogP contribution in [0, 0.1) is 0 Å². The number of halogens is 3. The molecule has 0 atom stereocenters. The van der Waals surface area contributed by atoms with E-state index in [0.29, 0.717) is 19.4 Å². The highest BCUT2D eigenvalue weighted by Gasteiger charge is 2.28. The molecule has 0 aliphatic carbocycles. The van der Waals surface area contributed by atoms with E-state index < -0.39 is 18.7 Å². The van der Waals surface area contributed by atoms with Crippen molar-refractivity contribution in [2.24, 2.45) is 0 Å². The fraction of sp³-hybridized carbons (Fsp3) is 0.800. The normalized spacial score (nSPS) is 11.1. The van der Waals surface area contributed by atoms with Crippen molar-refractivity contribution < 1.29 is 27.6 Å². The Morgan fingerprint density at radius 1 is 1.17 bits per heavy atom.